The predicted octanol–water partition coefficient (Wildman–Crippen LogP) is 1.58. The van der Waals surface area contributed by atoms with Gasteiger partial charge in [-0.25, -0.2) is 4.99 Å². The van der Waals surface area contributed by atoms with E-state index in [9.17, 15) is 5.26 Å². The Morgan fingerprint density at radius 1 is 1.59 bits per heavy atom. The number of nitriles is 1. The van der Waals surface area contributed by atoms with Crippen LogP contribution < -0.4 is 5.73 Å². The number of nitrogens with two attached hydrogens (primary N) is 1. The van der Waals surface area contributed by atoms with Gasteiger partial charge in [0.2, 0.25) is 0 Å². The summed E-state index contributed by atoms with van der Waals surface area (Å²) >= 11 is 4.18. The van der Waals surface area contributed by atoms with Crippen molar-refractivity contribution in [3.8, 4) is 6.07 Å². The van der Waals surface area contributed by atoms with Gasteiger partial charge in [0.15, 0.2) is 12.0 Å². The molecule has 2 rings (SSSR count). The molecule has 6 heteroatoms. The summed E-state index contributed by atoms with van der Waals surface area (Å²) < 4.78 is 6.81. The zero-order valence-corrected chi connectivity index (χ0v) is 10.4. The summed E-state index contributed by atoms with van der Waals surface area (Å²) in [4.78, 5) is 4.22. The second-order valence-corrected chi connectivity index (χ2v) is 4.23. The van der Waals surface area contributed by atoms with Crippen molar-refractivity contribution in [2.75, 3.05) is 0 Å². The molecule has 2 heterocycles. The minimum absolute atomic E-state index is 0.427. The molecule has 88 valence electrons. The van der Waals surface area contributed by atoms with Crippen LogP contribution in [0.25, 0.3) is 0 Å². The van der Waals surface area contributed by atoms with Crippen molar-refractivity contribution in [1.29, 1.82) is 5.26 Å². The number of hydrogen-bond donors (Lipinski definition) is 2. The van der Waals surface area contributed by atoms with Crippen molar-refractivity contribution in [2.24, 2.45) is 10.7 Å². The van der Waals surface area contributed by atoms with Gasteiger partial charge in [0.05, 0.1) is 6.26 Å². The second-order valence-electron chi connectivity index (χ2n) is 3.80. The first-order valence-corrected chi connectivity index (χ1v) is 5.43. The molecule has 1 aliphatic rings. The van der Waals surface area contributed by atoms with Crippen LogP contribution in [-0.4, -0.2) is 16.3 Å². The molecule has 0 saturated heterocycles. The van der Waals surface area contributed by atoms with E-state index in [0.29, 0.717) is 22.7 Å². The molecule has 0 amide bonds. The quantitative estimate of drug-likeness (QED) is 0.739. The largest absolute Gasteiger partial charge is 0.462 e. The third-order valence-electron chi connectivity index (χ3n) is 2.53. The van der Waals surface area contributed by atoms with Crippen molar-refractivity contribution in [3.63, 3.8) is 0 Å². The third-order valence-corrected chi connectivity index (χ3v) is 3.07. The number of aryl methyl sites for hydroxylation is 1. The van der Waals surface area contributed by atoms with E-state index in [1.54, 1.807) is 13.2 Å². The molecule has 1 aromatic rings. The molecule has 0 aliphatic carbocycles. The Morgan fingerprint density at radius 3 is 2.82 bits per heavy atom. The Hall–Kier alpha value is -1.71. The number of nitrogens with zero attached hydrogens (tertiary/aromatic N) is 3. The van der Waals surface area contributed by atoms with Crippen LogP contribution in [0.15, 0.2) is 33.0 Å². The van der Waals surface area contributed by atoms with Gasteiger partial charge in [0, 0.05) is 5.70 Å². The topological polar surface area (TPSA) is 78.5 Å². The van der Waals surface area contributed by atoms with E-state index in [2.05, 4.69) is 23.9 Å². The maximum absolute atomic E-state index is 9.17. The fraction of sp³-hybridized carbons (Fsp3) is 0.273. The molecular formula is C11H12N4OS. The van der Waals surface area contributed by atoms with Crippen LogP contribution in [0.1, 0.15) is 18.2 Å². The Balaban J connectivity index is 2.53. The SMILES string of the molecule is CC1=C(C#N)C(c2cc(C)co2)=NC(N)N1S. The van der Waals surface area contributed by atoms with Crippen molar-refractivity contribution in [2.45, 2.75) is 20.1 Å². The summed E-state index contributed by atoms with van der Waals surface area (Å²) in [5.41, 5.74) is 8.35. The zero-order chi connectivity index (χ0) is 12.6. The lowest BCUT2D eigenvalue weighted by Crippen LogP contribution is -2.38. The van der Waals surface area contributed by atoms with Gasteiger partial charge in [-0.1, -0.05) is 12.8 Å². The van der Waals surface area contributed by atoms with Crippen LogP contribution in [0.3, 0.4) is 0 Å². The highest BCUT2D eigenvalue weighted by Crippen LogP contribution is 2.25. The molecule has 1 aromatic heterocycles. The van der Waals surface area contributed by atoms with Gasteiger partial charge in [0.1, 0.15) is 17.4 Å². The normalized spacial score (nSPS) is 20.3. The molecule has 0 bridgehead atoms. The molecule has 1 unspecified atom stereocenters. The third kappa shape index (κ3) is 1.95. The first-order chi connectivity index (χ1) is 8.04. The summed E-state index contributed by atoms with van der Waals surface area (Å²) in [7, 11) is 0. The predicted molar refractivity (Wildman–Crippen MR) is 67.1 cm³/mol. The van der Waals surface area contributed by atoms with Crippen LogP contribution in [0.5, 0.6) is 0 Å². The second kappa shape index (κ2) is 4.28. The van der Waals surface area contributed by atoms with Gasteiger partial charge in [-0.15, -0.1) is 0 Å². The van der Waals surface area contributed by atoms with E-state index < -0.39 is 6.29 Å². The van der Waals surface area contributed by atoms with E-state index in [4.69, 9.17) is 10.2 Å². The summed E-state index contributed by atoms with van der Waals surface area (Å²) in [6.07, 6.45) is 0.997. The van der Waals surface area contributed by atoms with E-state index in [0.717, 1.165) is 5.56 Å². The first kappa shape index (κ1) is 11.8. The first-order valence-electron chi connectivity index (χ1n) is 5.03. The molecule has 17 heavy (non-hydrogen) atoms. The van der Waals surface area contributed by atoms with Crippen molar-refractivity contribution in [3.05, 3.63) is 34.9 Å². The molecular weight excluding hydrogens is 236 g/mol. The fourth-order valence-corrected chi connectivity index (χ4v) is 1.76. The Labute approximate surface area is 105 Å². The van der Waals surface area contributed by atoms with Crippen LogP contribution in [0, 0.1) is 18.3 Å². The summed E-state index contributed by atoms with van der Waals surface area (Å²) in [5, 5.41) is 9.17. The Bertz CT molecular complexity index is 552. The standard InChI is InChI=1S/C11H12N4OS/c1-6-3-9(16-5-6)10-8(4-12)7(2)15(17)11(13)14-10/h3,5,11,17H,13H2,1-2H3. The van der Waals surface area contributed by atoms with Gasteiger partial charge < -0.3 is 4.42 Å². The summed E-state index contributed by atoms with van der Waals surface area (Å²) in [5.74, 6) is 0.551. The number of hydrogen-bond acceptors (Lipinski definition) is 6. The highest BCUT2D eigenvalue weighted by molar-refractivity contribution is 7.77. The van der Waals surface area contributed by atoms with Crippen LogP contribution in [-0.2, 0) is 0 Å². The van der Waals surface area contributed by atoms with Crippen LogP contribution in [0.4, 0.5) is 0 Å². The molecule has 2 N–H and O–H groups in total. The smallest absolute Gasteiger partial charge is 0.183 e. The number of allylic oxidation sites excluding steroid dienone is 2. The highest BCUT2D eigenvalue weighted by Gasteiger charge is 2.26. The van der Waals surface area contributed by atoms with Gasteiger partial charge in [-0.05, 0) is 25.5 Å². The van der Waals surface area contributed by atoms with E-state index in [1.807, 2.05) is 13.0 Å². The summed E-state index contributed by atoms with van der Waals surface area (Å²) in [6.45, 7) is 3.68. The number of furan rings is 1. The minimum Gasteiger partial charge on any atom is -0.462 e. The maximum Gasteiger partial charge on any atom is 0.183 e. The van der Waals surface area contributed by atoms with Crippen molar-refractivity contribution >= 4 is 18.5 Å². The van der Waals surface area contributed by atoms with Gasteiger partial charge >= 0.3 is 0 Å². The zero-order valence-electron chi connectivity index (χ0n) is 9.51. The van der Waals surface area contributed by atoms with Gasteiger partial charge in [0.25, 0.3) is 0 Å². The lowest BCUT2D eigenvalue weighted by Gasteiger charge is -2.28. The molecule has 0 aromatic carbocycles. The van der Waals surface area contributed by atoms with Gasteiger partial charge in [-0.3, -0.25) is 10.0 Å². The molecule has 0 radical (unpaired) electrons. The van der Waals surface area contributed by atoms with Gasteiger partial charge in [-0.2, -0.15) is 5.26 Å². The van der Waals surface area contributed by atoms with Crippen LogP contribution in [0.2, 0.25) is 0 Å². The Morgan fingerprint density at radius 2 is 2.29 bits per heavy atom. The van der Waals surface area contributed by atoms with Crippen molar-refractivity contribution < 1.29 is 4.42 Å². The maximum atomic E-state index is 9.17. The fourth-order valence-electron chi connectivity index (χ4n) is 1.61. The number of rotatable bonds is 1. The van der Waals surface area contributed by atoms with Crippen LogP contribution >= 0.6 is 12.8 Å². The average Bonchev–Trinajstić information content (AvgIpc) is 2.72. The highest BCUT2D eigenvalue weighted by atomic mass is 32.1. The van der Waals surface area contributed by atoms with E-state index >= 15 is 0 Å². The molecule has 1 aliphatic heterocycles. The monoisotopic (exact) mass is 248 g/mol. The molecule has 0 fully saturated rings. The summed E-state index contributed by atoms with van der Waals surface area (Å²) in [6, 6.07) is 3.93. The lowest BCUT2D eigenvalue weighted by atomic mass is 10.1. The van der Waals surface area contributed by atoms with E-state index in [1.165, 1.54) is 4.31 Å². The number of thiol groups is 1. The molecule has 0 saturated carbocycles. The van der Waals surface area contributed by atoms with Crippen molar-refractivity contribution in [1.82, 2.24) is 4.31 Å². The lowest BCUT2D eigenvalue weighted by molar-refractivity contribution is 0.435. The average molecular weight is 248 g/mol. The van der Waals surface area contributed by atoms with E-state index in [-0.39, 0.29) is 0 Å². The number of aliphatic imine (C=N–C) groups is 1. The Kier molecular flexibility index (Phi) is 2.96. The minimum atomic E-state index is -0.615. The molecule has 0 spiro atoms. The molecule has 5 nitrogen and oxygen atoms in total. The molecule has 1 atom stereocenters.